The second kappa shape index (κ2) is 4.81. The minimum absolute atomic E-state index is 0.180. The molecular weight excluding hydrogens is 187 g/mol. The monoisotopic (exact) mass is 200 g/mol. The van der Waals surface area contributed by atoms with E-state index in [2.05, 4.69) is 0 Å². The van der Waals surface area contributed by atoms with Crippen LogP contribution in [0, 0.1) is 0 Å². The number of aliphatic hydroxyl groups is 1. The standard InChI is InChI=1S/C10H13FO3/c1-13-9-4-10(14-2)8(6-12)3-7(9)5-11/h3-4,12H,5-6H2,1-2H3. The maximum atomic E-state index is 12.5. The van der Waals surface area contributed by atoms with Crippen molar-refractivity contribution in [2.45, 2.75) is 13.3 Å². The van der Waals surface area contributed by atoms with Crippen LogP contribution in [0.25, 0.3) is 0 Å². The molecule has 0 aliphatic carbocycles. The molecule has 0 bridgehead atoms. The Bertz CT molecular complexity index is 254. The van der Waals surface area contributed by atoms with Gasteiger partial charge >= 0.3 is 0 Å². The largest absolute Gasteiger partial charge is 0.496 e. The van der Waals surface area contributed by atoms with Crippen molar-refractivity contribution in [1.29, 1.82) is 0 Å². The lowest BCUT2D eigenvalue weighted by Gasteiger charge is -2.11. The molecule has 0 atom stereocenters. The zero-order valence-corrected chi connectivity index (χ0v) is 8.21. The number of alkyl halides is 1. The van der Waals surface area contributed by atoms with Gasteiger partial charge in [-0.05, 0) is 6.07 Å². The van der Waals surface area contributed by atoms with Gasteiger partial charge < -0.3 is 14.6 Å². The minimum Gasteiger partial charge on any atom is -0.496 e. The summed E-state index contributed by atoms with van der Waals surface area (Å²) >= 11 is 0. The van der Waals surface area contributed by atoms with Gasteiger partial charge in [-0.25, -0.2) is 4.39 Å². The first-order valence-electron chi connectivity index (χ1n) is 4.17. The topological polar surface area (TPSA) is 38.7 Å². The normalized spacial score (nSPS) is 10.0. The number of rotatable bonds is 4. The van der Waals surface area contributed by atoms with E-state index in [0.717, 1.165) is 0 Å². The van der Waals surface area contributed by atoms with Gasteiger partial charge in [0.2, 0.25) is 0 Å². The van der Waals surface area contributed by atoms with Crippen molar-refractivity contribution >= 4 is 0 Å². The molecule has 1 aromatic rings. The molecule has 0 aliphatic rings. The van der Waals surface area contributed by atoms with E-state index in [1.807, 2.05) is 0 Å². The van der Waals surface area contributed by atoms with Crippen LogP contribution in [-0.4, -0.2) is 19.3 Å². The van der Waals surface area contributed by atoms with E-state index in [0.29, 0.717) is 22.6 Å². The first kappa shape index (κ1) is 10.8. The van der Waals surface area contributed by atoms with Crippen LogP contribution in [-0.2, 0) is 13.3 Å². The Labute approximate surface area is 82.1 Å². The molecule has 0 saturated heterocycles. The van der Waals surface area contributed by atoms with Crippen LogP contribution >= 0.6 is 0 Å². The fourth-order valence-corrected chi connectivity index (χ4v) is 1.27. The Kier molecular flexibility index (Phi) is 3.71. The van der Waals surface area contributed by atoms with E-state index >= 15 is 0 Å². The van der Waals surface area contributed by atoms with Gasteiger partial charge in [0.1, 0.15) is 18.2 Å². The molecule has 0 heterocycles. The lowest BCUT2D eigenvalue weighted by Crippen LogP contribution is -1.97. The van der Waals surface area contributed by atoms with Crippen LogP contribution in [0.5, 0.6) is 11.5 Å². The van der Waals surface area contributed by atoms with E-state index in [1.165, 1.54) is 20.3 Å². The highest BCUT2D eigenvalue weighted by molar-refractivity contribution is 5.46. The lowest BCUT2D eigenvalue weighted by atomic mass is 10.1. The fraction of sp³-hybridized carbons (Fsp3) is 0.400. The molecule has 0 saturated carbocycles. The van der Waals surface area contributed by atoms with E-state index in [9.17, 15) is 4.39 Å². The van der Waals surface area contributed by atoms with Gasteiger partial charge in [0.05, 0.1) is 20.8 Å². The van der Waals surface area contributed by atoms with Crippen LogP contribution < -0.4 is 9.47 Å². The Morgan fingerprint density at radius 1 is 1.14 bits per heavy atom. The maximum absolute atomic E-state index is 12.5. The number of benzene rings is 1. The Morgan fingerprint density at radius 2 is 1.71 bits per heavy atom. The number of halogens is 1. The Balaban J connectivity index is 3.20. The van der Waals surface area contributed by atoms with Crippen LogP contribution in [0.3, 0.4) is 0 Å². The van der Waals surface area contributed by atoms with Gasteiger partial charge in [0, 0.05) is 17.2 Å². The molecule has 0 aliphatic heterocycles. The highest BCUT2D eigenvalue weighted by Crippen LogP contribution is 2.29. The molecule has 0 spiro atoms. The predicted octanol–water partition coefficient (Wildman–Crippen LogP) is 1.67. The number of hydrogen-bond donors (Lipinski definition) is 1. The van der Waals surface area contributed by atoms with Crippen molar-refractivity contribution in [3.8, 4) is 11.5 Å². The summed E-state index contributed by atoms with van der Waals surface area (Å²) in [6.45, 7) is -0.805. The first-order valence-corrected chi connectivity index (χ1v) is 4.17. The summed E-state index contributed by atoms with van der Waals surface area (Å²) in [5.74, 6) is 0.933. The van der Waals surface area contributed by atoms with Crippen molar-refractivity contribution < 1.29 is 19.0 Å². The van der Waals surface area contributed by atoms with Gasteiger partial charge in [0.25, 0.3) is 0 Å². The molecule has 1 rings (SSSR count). The Morgan fingerprint density at radius 3 is 2.14 bits per heavy atom. The van der Waals surface area contributed by atoms with Crippen molar-refractivity contribution in [1.82, 2.24) is 0 Å². The van der Waals surface area contributed by atoms with Gasteiger partial charge in [-0.2, -0.15) is 0 Å². The number of ether oxygens (including phenoxy) is 2. The van der Waals surface area contributed by atoms with Gasteiger partial charge in [0.15, 0.2) is 0 Å². The molecule has 0 fully saturated rings. The SMILES string of the molecule is COc1cc(OC)c(CF)cc1CO. The molecule has 14 heavy (non-hydrogen) atoms. The van der Waals surface area contributed by atoms with Crippen LogP contribution in [0.2, 0.25) is 0 Å². The molecule has 1 aromatic carbocycles. The van der Waals surface area contributed by atoms with Crippen molar-refractivity contribution in [3.05, 3.63) is 23.3 Å². The maximum Gasteiger partial charge on any atom is 0.128 e. The highest BCUT2D eigenvalue weighted by atomic mass is 19.1. The highest BCUT2D eigenvalue weighted by Gasteiger charge is 2.09. The minimum atomic E-state index is -0.625. The van der Waals surface area contributed by atoms with Gasteiger partial charge in [-0.15, -0.1) is 0 Å². The number of aliphatic hydroxyl groups excluding tert-OH is 1. The predicted molar refractivity (Wildman–Crippen MR) is 50.3 cm³/mol. The van der Waals surface area contributed by atoms with E-state index in [1.54, 1.807) is 6.07 Å². The van der Waals surface area contributed by atoms with Crippen LogP contribution in [0.1, 0.15) is 11.1 Å². The summed E-state index contributed by atoms with van der Waals surface area (Å²) in [7, 11) is 2.95. The molecule has 3 nitrogen and oxygen atoms in total. The van der Waals surface area contributed by atoms with E-state index in [4.69, 9.17) is 14.6 Å². The van der Waals surface area contributed by atoms with Gasteiger partial charge in [-0.1, -0.05) is 0 Å². The van der Waals surface area contributed by atoms with Crippen molar-refractivity contribution in [2.75, 3.05) is 14.2 Å². The third-order valence-corrected chi connectivity index (χ3v) is 2.00. The summed E-state index contributed by atoms with van der Waals surface area (Å²) in [6, 6.07) is 3.11. The van der Waals surface area contributed by atoms with Crippen LogP contribution in [0.4, 0.5) is 4.39 Å². The summed E-state index contributed by atoms with van der Waals surface area (Å²) in [6.07, 6.45) is 0. The average Bonchev–Trinajstić information content (AvgIpc) is 2.26. The number of methoxy groups -OCH3 is 2. The quantitative estimate of drug-likeness (QED) is 0.803. The third kappa shape index (κ3) is 1.96. The van der Waals surface area contributed by atoms with Crippen molar-refractivity contribution in [2.24, 2.45) is 0 Å². The second-order valence-corrected chi connectivity index (χ2v) is 2.77. The molecule has 0 radical (unpaired) electrons. The molecule has 1 N–H and O–H groups in total. The molecule has 4 heteroatoms. The van der Waals surface area contributed by atoms with Crippen LogP contribution in [0.15, 0.2) is 12.1 Å². The number of hydrogen-bond acceptors (Lipinski definition) is 3. The summed E-state index contributed by atoms with van der Waals surface area (Å²) in [4.78, 5) is 0. The zero-order valence-electron chi connectivity index (χ0n) is 8.21. The molecule has 0 amide bonds. The Hall–Kier alpha value is -1.29. The summed E-state index contributed by atoms with van der Waals surface area (Å²) in [5.41, 5.74) is 0.971. The molecule has 78 valence electrons. The molecule has 0 aromatic heterocycles. The lowest BCUT2D eigenvalue weighted by molar-refractivity contribution is 0.272. The molecular formula is C10H13FO3. The summed E-state index contributed by atoms with van der Waals surface area (Å²) < 4.78 is 22.5. The van der Waals surface area contributed by atoms with Gasteiger partial charge in [-0.3, -0.25) is 0 Å². The first-order chi connectivity index (χ1) is 6.76. The van der Waals surface area contributed by atoms with Crippen molar-refractivity contribution in [3.63, 3.8) is 0 Å². The molecule has 0 unspecified atom stereocenters. The third-order valence-electron chi connectivity index (χ3n) is 2.00. The zero-order chi connectivity index (χ0) is 10.6. The smallest absolute Gasteiger partial charge is 0.128 e. The summed E-state index contributed by atoms with van der Waals surface area (Å²) in [5, 5.41) is 8.99. The van der Waals surface area contributed by atoms with E-state index < -0.39 is 6.67 Å². The fourth-order valence-electron chi connectivity index (χ4n) is 1.27. The average molecular weight is 200 g/mol. The second-order valence-electron chi connectivity index (χ2n) is 2.77. The van der Waals surface area contributed by atoms with E-state index in [-0.39, 0.29) is 6.61 Å².